The molecule has 1 rings (SSSR count). The molecule has 1 heteroatoms. The van der Waals surface area contributed by atoms with E-state index in [1.54, 1.807) is 0 Å². The largest absolute Gasteiger partial charge is 0.393 e. The second kappa shape index (κ2) is 4.86. The van der Waals surface area contributed by atoms with E-state index in [1.807, 2.05) is 0 Å². The van der Waals surface area contributed by atoms with Crippen LogP contribution >= 0.6 is 0 Å². The molecule has 0 aliphatic heterocycles. The van der Waals surface area contributed by atoms with Gasteiger partial charge >= 0.3 is 0 Å². The van der Waals surface area contributed by atoms with E-state index in [1.165, 1.54) is 25.7 Å². The van der Waals surface area contributed by atoms with E-state index in [2.05, 4.69) is 13.8 Å². The molecule has 0 aromatic rings. The standard InChI is InChI=1S/C11H22O/c1-3-9(4-2)10-5-7-11(12)8-6-10/h9-12H,3-8H2,1-2H3. The molecule has 1 saturated carbocycles. The summed E-state index contributed by atoms with van der Waals surface area (Å²) in [5.74, 6) is 1.82. The molecule has 1 aliphatic carbocycles. The lowest BCUT2D eigenvalue weighted by Crippen LogP contribution is -2.23. The molecule has 0 bridgehead atoms. The molecule has 0 aromatic carbocycles. The minimum Gasteiger partial charge on any atom is -0.393 e. The van der Waals surface area contributed by atoms with Gasteiger partial charge in [-0.25, -0.2) is 0 Å². The Labute approximate surface area is 76.2 Å². The van der Waals surface area contributed by atoms with Crippen molar-refractivity contribution in [3.8, 4) is 0 Å². The fourth-order valence-electron chi connectivity index (χ4n) is 2.53. The summed E-state index contributed by atoms with van der Waals surface area (Å²) in [5.41, 5.74) is 0. The average molecular weight is 170 g/mol. The zero-order valence-electron chi connectivity index (χ0n) is 8.42. The van der Waals surface area contributed by atoms with Crippen LogP contribution in [0.3, 0.4) is 0 Å². The third kappa shape index (κ3) is 2.48. The van der Waals surface area contributed by atoms with Crippen LogP contribution in [0.5, 0.6) is 0 Å². The van der Waals surface area contributed by atoms with E-state index >= 15 is 0 Å². The molecule has 0 spiro atoms. The molecule has 0 heterocycles. The van der Waals surface area contributed by atoms with Gasteiger partial charge in [-0.1, -0.05) is 26.7 Å². The Kier molecular flexibility index (Phi) is 4.07. The zero-order valence-corrected chi connectivity index (χ0v) is 8.42. The van der Waals surface area contributed by atoms with Crippen molar-refractivity contribution in [2.75, 3.05) is 0 Å². The normalized spacial score (nSPS) is 31.0. The first kappa shape index (κ1) is 10.0. The van der Waals surface area contributed by atoms with Crippen molar-refractivity contribution in [1.29, 1.82) is 0 Å². The van der Waals surface area contributed by atoms with Gasteiger partial charge < -0.3 is 5.11 Å². The molecule has 1 N–H and O–H groups in total. The van der Waals surface area contributed by atoms with Crippen molar-refractivity contribution in [1.82, 2.24) is 0 Å². The Morgan fingerprint density at radius 3 is 2.00 bits per heavy atom. The Balaban J connectivity index is 2.32. The molecule has 0 unspecified atom stereocenters. The second-order valence-corrected chi connectivity index (χ2v) is 4.15. The Morgan fingerprint density at radius 2 is 1.58 bits per heavy atom. The molecular weight excluding hydrogens is 148 g/mol. The highest BCUT2D eigenvalue weighted by Crippen LogP contribution is 2.33. The van der Waals surface area contributed by atoms with Crippen LogP contribution in [0.4, 0.5) is 0 Å². The molecule has 72 valence electrons. The monoisotopic (exact) mass is 170 g/mol. The lowest BCUT2D eigenvalue weighted by molar-refractivity contribution is 0.0890. The number of aliphatic hydroxyl groups is 1. The fraction of sp³-hybridized carbons (Fsp3) is 1.00. The summed E-state index contributed by atoms with van der Waals surface area (Å²) in [4.78, 5) is 0. The maximum Gasteiger partial charge on any atom is 0.0540 e. The van der Waals surface area contributed by atoms with E-state index in [0.29, 0.717) is 0 Å². The Morgan fingerprint density at radius 1 is 1.08 bits per heavy atom. The van der Waals surface area contributed by atoms with Crippen LogP contribution in [0.1, 0.15) is 52.4 Å². The van der Waals surface area contributed by atoms with Crippen molar-refractivity contribution in [2.24, 2.45) is 11.8 Å². The smallest absolute Gasteiger partial charge is 0.0540 e. The van der Waals surface area contributed by atoms with Gasteiger partial charge in [0, 0.05) is 0 Å². The van der Waals surface area contributed by atoms with Gasteiger partial charge in [0.1, 0.15) is 0 Å². The summed E-state index contributed by atoms with van der Waals surface area (Å²) >= 11 is 0. The Bertz CT molecular complexity index is 110. The summed E-state index contributed by atoms with van der Waals surface area (Å²) in [6.07, 6.45) is 7.24. The highest BCUT2D eigenvalue weighted by molar-refractivity contribution is 4.76. The van der Waals surface area contributed by atoms with Gasteiger partial charge in [0.05, 0.1) is 6.10 Å². The number of aliphatic hydroxyl groups excluding tert-OH is 1. The molecule has 1 aliphatic rings. The van der Waals surface area contributed by atoms with Gasteiger partial charge in [-0.15, -0.1) is 0 Å². The summed E-state index contributed by atoms with van der Waals surface area (Å²) in [6.45, 7) is 4.58. The number of hydrogen-bond acceptors (Lipinski definition) is 1. The van der Waals surface area contributed by atoms with Crippen molar-refractivity contribution >= 4 is 0 Å². The van der Waals surface area contributed by atoms with E-state index in [9.17, 15) is 5.11 Å². The highest BCUT2D eigenvalue weighted by atomic mass is 16.3. The molecule has 0 aromatic heterocycles. The lowest BCUT2D eigenvalue weighted by atomic mass is 9.77. The Hall–Kier alpha value is -0.0400. The third-order valence-electron chi connectivity index (χ3n) is 3.46. The summed E-state index contributed by atoms with van der Waals surface area (Å²) in [7, 11) is 0. The topological polar surface area (TPSA) is 20.2 Å². The molecular formula is C11H22O. The van der Waals surface area contributed by atoms with E-state index < -0.39 is 0 Å². The molecule has 1 fully saturated rings. The fourth-order valence-corrected chi connectivity index (χ4v) is 2.53. The third-order valence-corrected chi connectivity index (χ3v) is 3.46. The van der Waals surface area contributed by atoms with Gasteiger partial charge in [0.25, 0.3) is 0 Å². The quantitative estimate of drug-likeness (QED) is 0.690. The van der Waals surface area contributed by atoms with Crippen LogP contribution in [0.25, 0.3) is 0 Å². The van der Waals surface area contributed by atoms with Crippen LogP contribution in [0, 0.1) is 11.8 Å². The second-order valence-electron chi connectivity index (χ2n) is 4.15. The van der Waals surface area contributed by atoms with Crippen molar-refractivity contribution in [3.63, 3.8) is 0 Å². The predicted octanol–water partition coefficient (Wildman–Crippen LogP) is 2.97. The van der Waals surface area contributed by atoms with Crippen LogP contribution in [-0.2, 0) is 0 Å². The number of hydrogen-bond donors (Lipinski definition) is 1. The first-order valence-electron chi connectivity index (χ1n) is 5.46. The van der Waals surface area contributed by atoms with Gasteiger partial charge in [0.15, 0.2) is 0 Å². The van der Waals surface area contributed by atoms with Gasteiger partial charge in [0.2, 0.25) is 0 Å². The SMILES string of the molecule is CCC(CC)C1CCC(O)CC1. The van der Waals surface area contributed by atoms with E-state index in [0.717, 1.165) is 24.7 Å². The minimum atomic E-state index is 0.00983. The molecule has 0 saturated heterocycles. The van der Waals surface area contributed by atoms with Crippen molar-refractivity contribution in [3.05, 3.63) is 0 Å². The van der Waals surface area contributed by atoms with Crippen LogP contribution in [0.15, 0.2) is 0 Å². The summed E-state index contributed by atoms with van der Waals surface area (Å²) in [6, 6.07) is 0. The molecule has 0 radical (unpaired) electrons. The maximum atomic E-state index is 9.35. The van der Waals surface area contributed by atoms with Crippen molar-refractivity contribution in [2.45, 2.75) is 58.5 Å². The molecule has 0 atom stereocenters. The first-order valence-corrected chi connectivity index (χ1v) is 5.46. The molecule has 1 nitrogen and oxygen atoms in total. The molecule has 0 amide bonds. The van der Waals surface area contributed by atoms with Crippen molar-refractivity contribution < 1.29 is 5.11 Å². The molecule has 12 heavy (non-hydrogen) atoms. The van der Waals surface area contributed by atoms with Gasteiger partial charge in [-0.2, -0.15) is 0 Å². The first-order chi connectivity index (χ1) is 5.77. The van der Waals surface area contributed by atoms with Crippen LogP contribution in [0.2, 0.25) is 0 Å². The average Bonchev–Trinajstić information content (AvgIpc) is 2.10. The van der Waals surface area contributed by atoms with Gasteiger partial charge in [-0.05, 0) is 37.5 Å². The highest BCUT2D eigenvalue weighted by Gasteiger charge is 2.24. The lowest BCUT2D eigenvalue weighted by Gasteiger charge is -2.31. The van der Waals surface area contributed by atoms with Crippen LogP contribution in [-0.4, -0.2) is 11.2 Å². The summed E-state index contributed by atoms with van der Waals surface area (Å²) < 4.78 is 0. The summed E-state index contributed by atoms with van der Waals surface area (Å²) in [5, 5.41) is 9.35. The maximum absolute atomic E-state index is 9.35. The van der Waals surface area contributed by atoms with Crippen LogP contribution < -0.4 is 0 Å². The zero-order chi connectivity index (χ0) is 8.97. The van der Waals surface area contributed by atoms with E-state index in [4.69, 9.17) is 0 Å². The number of rotatable bonds is 3. The minimum absolute atomic E-state index is 0.00983. The predicted molar refractivity (Wildman–Crippen MR) is 52.0 cm³/mol. The van der Waals surface area contributed by atoms with Gasteiger partial charge in [-0.3, -0.25) is 0 Å². The van der Waals surface area contributed by atoms with E-state index in [-0.39, 0.29) is 6.10 Å².